The van der Waals surface area contributed by atoms with Crippen LogP contribution < -0.4 is 21.3 Å². The fourth-order valence-electron chi connectivity index (χ4n) is 8.55. The monoisotopic (exact) mass is 931 g/mol. The molecule has 0 spiro atoms. The Morgan fingerprint density at radius 3 is 1.02 bits per heavy atom. The number of nitrogens with one attached hydrogen (secondary N) is 4. The first-order chi connectivity index (χ1) is 31.9. The van der Waals surface area contributed by atoms with E-state index < -0.39 is 24.0 Å². The Bertz CT molecular complexity index is 1270. The van der Waals surface area contributed by atoms with Crippen molar-refractivity contribution in [2.24, 2.45) is 0 Å². The molecule has 384 valence electrons. The molecule has 3 unspecified atom stereocenters. The van der Waals surface area contributed by atoms with E-state index in [1.54, 1.807) is 0 Å². The molecule has 66 heavy (non-hydrogen) atoms. The number of hydrogen-bond donors (Lipinski definition) is 4. The number of hydrogen-bond acceptors (Lipinski definition) is 7. The first-order valence-corrected chi connectivity index (χ1v) is 27.6. The molecular weight excluding hydrogens is 829 g/mol. The number of carbonyl (C=O) groups excluding carboxylic acids is 7. The Kier molecular flexibility index (Phi) is 43.5. The second-order valence-electron chi connectivity index (χ2n) is 19.5. The van der Waals surface area contributed by atoms with E-state index in [1.165, 1.54) is 175 Å². The first kappa shape index (κ1) is 62.9. The van der Waals surface area contributed by atoms with Gasteiger partial charge in [0.25, 0.3) is 0 Å². The third kappa shape index (κ3) is 41.1. The quantitative estimate of drug-likeness (QED) is 0.0440. The normalized spacial score (nSPS) is 12.6. The second kappa shape index (κ2) is 45.7. The summed E-state index contributed by atoms with van der Waals surface area (Å²) in [7, 11) is 0. The van der Waals surface area contributed by atoms with Crippen LogP contribution in [0.5, 0.6) is 0 Å². The molecule has 3 atom stereocenters. The van der Waals surface area contributed by atoms with Crippen LogP contribution in [-0.4, -0.2) is 65.6 Å². The van der Waals surface area contributed by atoms with Crippen LogP contribution in [0, 0.1) is 0 Å². The average molecular weight is 931 g/mol. The highest BCUT2D eigenvalue weighted by Crippen LogP contribution is 2.16. The topological polar surface area (TPSA) is 168 Å². The van der Waals surface area contributed by atoms with Crippen LogP contribution in [0.2, 0.25) is 0 Å². The van der Waals surface area contributed by atoms with Gasteiger partial charge in [0.1, 0.15) is 11.8 Å². The van der Waals surface area contributed by atoms with Crippen LogP contribution in [0.25, 0.3) is 0 Å². The molecule has 0 radical (unpaired) electrons. The van der Waals surface area contributed by atoms with E-state index in [9.17, 15) is 33.6 Å². The van der Waals surface area contributed by atoms with Crippen molar-refractivity contribution in [3.8, 4) is 0 Å². The Hall–Kier alpha value is -3.11. The van der Waals surface area contributed by atoms with Gasteiger partial charge in [-0.3, -0.25) is 28.8 Å². The number of unbranched alkanes of at least 4 members (excludes halogenated alkanes) is 29. The Labute approximate surface area is 404 Å². The first-order valence-electron chi connectivity index (χ1n) is 27.6. The van der Waals surface area contributed by atoms with E-state index in [4.69, 9.17) is 0 Å². The van der Waals surface area contributed by atoms with Gasteiger partial charge in [0, 0.05) is 32.2 Å². The molecule has 0 saturated heterocycles. The van der Waals surface area contributed by atoms with Crippen molar-refractivity contribution in [1.29, 1.82) is 0 Å². The zero-order valence-electron chi connectivity index (χ0n) is 43.4. The van der Waals surface area contributed by atoms with E-state index in [1.807, 2.05) is 0 Å². The lowest BCUT2D eigenvalue weighted by Crippen LogP contribution is -2.51. The number of amides is 4. The molecule has 4 amide bonds. The second-order valence-corrected chi connectivity index (χ2v) is 19.5. The van der Waals surface area contributed by atoms with Crippen LogP contribution in [-0.2, 0) is 33.6 Å². The third-order valence-corrected chi connectivity index (χ3v) is 13.0. The molecule has 0 aliphatic carbocycles. The van der Waals surface area contributed by atoms with Crippen molar-refractivity contribution in [1.82, 2.24) is 21.3 Å². The fraction of sp³-hybridized carbons (Fsp3) is 0.873. The highest BCUT2D eigenvalue weighted by molar-refractivity contribution is 5.92. The van der Waals surface area contributed by atoms with Crippen molar-refractivity contribution in [3.63, 3.8) is 0 Å². The minimum absolute atomic E-state index is 0.0817. The zero-order chi connectivity index (χ0) is 48.9. The summed E-state index contributed by atoms with van der Waals surface area (Å²) in [5.74, 6) is -1.54. The van der Waals surface area contributed by atoms with E-state index in [2.05, 4.69) is 35.1 Å². The molecule has 0 aliphatic rings. The Morgan fingerprint density at radius 2 is 0.652 bits per heavy atom. The molecular formula is C55H102N4O7. The van der Waals surface area contributed by atoms with Gasteiger partial charge in [-0.2, -0.15) is 0 Å². The Morgan fingerprint density at radius 1 is 0.318 bits per heavy atom. The molecule has 0 bridgehead atoms. The zero-order valence-corrected chi connectivity index (χ0v) is 43.4. The van der Waals surface area contributed by atoms with Gasteiger partial charge in [-0.15, -0.1) is 0 Å². The highest BCUT2D eigenvalue weighted by Gasteiger charge is 2.25. The summed E-state index contributed by atoms with van der Waals surface area (Å²) in [5, 5.41) is 11.3. The van der Waals surface area contributed by atoms with Gasteiger partial charge in [-0.25, -0.2) is 0 Å². The number of rotatable bonds is 49. The van der Waals surface area contributed by atoms with Gasteiger partial charge >= 0.3 is 0 Å². The molecule has 4 N–H and O–H groups in total. The Balaban J connectivity index is 4.34. The number of carbonyl (C=O) groups is 7. The summed E-state index contributed by atoms with van der Waals surface area (Å²) in [6.45, 7) is 9.17. The summed E-state index contributed by atoms with van der Waals surface area (Å²) in [5.41, 5.74) is 0. The maximum atomic E-state index is 13.3. The highest BCUT2D eigenvalue weighted by atomic mass is 16.2. The standard InChI is InChI=1S/C55H102N4O7/c1-6-8-10-12-14-16-18-20-22-24-26-28-30-32-34-39-53(64)57-50(48(5)62)43-44-52(63)56-45-37-36-38-49(47(4)61)59-55(66)51(42-41-46(3)60)58-54(65)40-35-33-31-29-27-25-23-21-19-17-15-13-11-9-7-2/h49-51H,6-45H2,1-5H3,(H,56,63)(H,57,64)(H,58,65)(H,59,66). The van der Waals surface area contributed by atoms with Crippen LogP contribution in [0.4, 0.5) is 0 Å². The lowest BCUT2D eigenvalue weighted by molar-refractivity contribution is -0.131. The molecule has 0 aromatic carbocycles. The van der Waals surface area contributed by atoms with Gasteiger partial charge in [-0.05, 0) is 65.7 Å². The number of ketones is 3. The predicted molar refractivity (Wildman–Crippen MR) is 272 cm³/mol. The lowest BCUT2D eigenvalue weighted by atomic mass is 10.0. The van der Waals surface area contributed by atoms with Crippen LogP contribution in [0.15, 0.2) is 0 Å². The van der Waals surface area contributed by atoms with Crippen LogP contribution in [0.3, 0.4) is 0 Å². The average Bonchev–Trinajstić information content (AvgIpc) is 3.28. The summed E-state index contributed by atoms with van der Waals surface area (Å²) >= 11 is 0. The van der Waals surface area contributed by atoms with Gasteiger partial charge in [0.2, 0.25) is 23.6 Å². The molecule has 0 heterocycles. The smallest absolute Gasteiger partial charge is 0.243 e. The molecule has 0 saturated carbocycles. The minimum Gasteiger partial charge on any atom is -0.356 e. The summed E-state index contributed by atoms with van der Waals surface area (Å²) in [6, 6.07) is -2.36. The predicted octanol–water partition coefficient (Wildman–Crippen LogP) is 12.6. The molecule has 0 aromatic heterocycles. The minimum atomic E-state index is -0.906. The molecule has 0 fully saturated rings. The SMILES string of the molecule is CCCCCCCCCCCCCCCCCC(=O)NC(CCC(=O)NCCCCC(NC(=O)C(CCC(C)=O)NC(=O)CCCCCCCCCCCCCCCCC)C(C)=O)C(C)=O. The molecule has 11 heteroatoms. The van der Waals surface area contributed by atoms with E-state index in [0.717, 1.165) is 38.5 Å². The lowest BCUT2D eigenvalue weighted by Gasteiger charge is -2.22. The van der Waals surface area contributed by atoms with Crippen molar-refractivity contribution in [2.45, 2.75) is 303 Å². The molecule has 11 nitrogen and oxygen atoms in total. The molecule has 0 rings (SSSR count). The van der Waals surface area contributed by atoms with E-state index in [-0.39, 0.29) is 60.8 Å². The maximum Gasteiger partial charge on any atom is 0.243 e. The van der Waals surface area contributed by atoms with Crippen molar-refractivity contribution in [3.05, 3.63) is 0 Å². The summed E-state index contributed by atoms with van der Waals surface area (Å²) in [6.07, 6.45) is 40.2. The largest absolute Gasteiger partial charge is 0.356 e. The van der Waals surface area contributed by atoms with Crippen molar-refractivity contribution >= 4 is 41.0 Å². The third-order valence-electron chi connectivity index (χ3n) is 13.0. The van der Waals surface area contributed by atoms with Gasteiger partial charge in [-0.1, -0.05) is 194 Å². The molecule has 0 aliphatic heterocycles. The van der Waals surface area contributed by atoms with Crippen molar-refractivity contribution < 1.29 is 33.6 Å². The van der Waals surface area contributed by atoms with E-state index in [0.29, 0.717) is 38.6 Å². The van der Waals surface area contributed by atoms with E-state index >= 15 is 0 Å². The van der Waals surface area contributed by atoms with Gasteiger partial charge in [0.15, 0.2) is 11.6 Å². The van der Waals surface area contributed by atoms with Gasteiger partial charge in [0.05, 0.1) is 12.1 Å². The van der Waals surface area contributed by atoms with Crippen LogP contribution >= 0.6 is 0 Å². The van der Waals surface area contributed by atoms with Gasteiger partial charge < -0.3 is 26.1 Å². The summed E-state index contributed by atoms with van der Waals surface area (Å²) < 4.78 is 0. The maximum absolute atomic E-state index is 13.3. The molecule has 0 aromatic rings. The van der Waals surface area contributed by atoms with Crippen molar-refractivity contribution in [2.75, 3.05) is 6.54 Å². The number of Topliss-reactive ketones (excluding diaryl/α,β-unsaturated/α-hetero) is 3. The summed E-state index contributed by atoms with van der Waals surface area (Å²) in [4.78, 5) is 87.9. The fourth-order valence-corrected chi connectivity index (χ4v) is 8.55. The van der Waals surface area contributed by atoms with Crippen LogP contribution in [0.1, 0.15) is 285 Å².